The monoisotopic (exact) mass is 385 g/mol. The first kappa shape index (κ1) is 19.2. The highest BCUT2D eigenvalue weighted by Crippen LogP contribution is 2.36. The summed E-state index contributed by atoms with van der Waals surface area (Å²) < 4.78 is 17.3. The minimum atomic E-state index is -0.745. The second-order valence-corrected chi connectivity index (χ2v) is 7.39. The first-order valence-electron chi connectivity index (χ1n) is 9.71. The van der Waals surface area contributed by atoms with Crippen LogP contribution in [0.15, 0.2) is 54.6 Å². The number of benzene rings is 2. The van der Waals surface area contributed by atoms with Gasteiger partial charge in [0, 0.05) is 6.54 Å². The van der Waals surface area contributed by atoms with Gasteiger partial charge in [-0.3, -0.25) is 4.90 Å². The molecule has 2 aromatic carbocycles. The van der Waals surface area contributed by atoms with Crippen molar-refractivity contribution in [3.05, 3.63) is 60.2 Å². The summed E-state index contributed by atoms with van der Waals surface area (Å²) in [5.74, 6) is 1.51. The minimum absolute atomic E-state index is 0.122. The molecular weight excluding hydrogens is 358 g/mol. The smallest absolute Gasteiger partial charge is 0.119 e. The Kier molecular flexibility index (Phi) is 5.82. The molecule has 5 atom stereocenters. The van der Waals surface area contributed by atoms with Crippen molar-refractivity contribution >= 4 is 0 Å². The van der Waals surface area contributed by atoms with Crippen LogP contribution in [0.4, 0.5) is 0 Å². The standard InChI is InChI=1S/C22H27NO5/c1-26-16-7-9-17(10-8-16)27-14-18-22(28-13-15-5-3-2-4-6-15)21(25)20-19(24)11-12-23(18)20/h2-10,18-22,24-25H,11-14H2,1H3/t18-,19+,20+,21+,22+/m1/s1. The lowest BCUT2D eigenvalue weighted by Crippen LogP contribution is -2.42. The van der Waals surface area contributed by atoms with E-state index in [2.05, 4.69) is 4.90 Å². The molecule has 6 heteroatoms. The molecule has 0 bridgehead atoms. The van der Waals surface area contributed by atoms with E-state index in [4.69, 9.17) is 14.2 Å². The Morgan fingerprint density at radius 2 is 1.71 bits per heavy atom. The molecule has 2 aromatic rings. The first-order valence-corrected chi connectivity index (χ1v) is 9.71. The van der Waals surface area contributed by atoms with Crippen LogP contribution < -0.4 is 9.47 Å². The Morgan fingerprint density at radius 1 is 1.00 bits per heavy atom. The van der Waals surface area contributed by atoms with E-state index in [9.17, 15) is 10.2 Å². The maximum absolute atomic E-state index is 10.8. The van der Waals surface area contributed by atoms with Crippen molar-refractivity contribution in [2.75, 3.05) is 20.3 Å². The molecule has 6 nitrogen and oxygen atoms in total. The van der Waals surface area contributed by atoms with Crippen LogP contribution in [0.5, 0.6) is 11.5 Å². The lowest BCUT2D eigenvalue weighted by Gasteiger charge is -2.27. The molecule has 2 aliphatic rings. The Morgan fingerprint density at radius 3 is 2.43 bits per heavy atom. The summed E-state index contributed by atoms with van der Waals surface area (Å²) in [4.78, 5) is 2.13. The van der Waals surface area contributed by atoms with Gasteiger partial charge in [-0.05, 0) is 36.2 Å². The van der Waals surface area contributed by atoms with Crippen LogP contribution in [0.1, 0.15) is 12.0 Å². The van der Waals surface area contributed by atoms with Crippen LogP contribution >= 0.6 is 0 Å². The zero-order valence-electron chi connectivity index (χ0n) is 16.0. The third-order valence-electron chi connectivity index (χ3n) is 5.72. The zero-order valence-corrected chi connectivity index (χ0v) is 16.0. The first-order chi connectivity index (χ1) is 13.7. The maximum atomic E-state index is 10.8. The maximum Gasteiger partial charge on any atom is 0.119 e. The van der Waals surface area contributed by atoms with E-state index in [1.165, 1.54) is 0 Å². The molecule has 4 rings (SSSR count). The minimum Gasteiger partial charge on any atom is -0.497 e. The number of ether oxygens (including phenoxy) is 3. The van der Waals surface area contributed by atoms with Gasteiger partial charge in [0.05, 0.1) is 38.0 Å². The van der Waals surface area contributed by atoms with Gasteiger partial charge in [-0.2, -0.15) is 0 Å². The van der Waals surface area contributed by atoms with Gasteiger partial charge in [-0.15, -0.1) is 0 Å². The van der Waals surface area contributed by atoms with E-state index in [0.29, 0.717) is 19.6 Å². The van der Waals surface area contributed by atoms with Crippen molar-refractivity contribution in [2.45, 2.75) is 43.4 Å². The van der Waals surface area contributed by atoms with Gasteiger partial charge >= 0.3 is 0 Å². The van der Waals surface area contributed by atoms with Crippen LogP contribution in [0.25, 0.3) is 0 Å². The lowest BCUT2D eigenvalue weighted by molar-refractivity contribution is -0.0545. The third kappa shape index (κ3) is 3.86. The highest BCUT2D eigenvalue weighted by molar-refractivity contribution is 5.31. The van der Waals surface area contributed by atoms with E-state index in [0.717, 1.165) is 23.6 Å². The molecular formula is C22H27NO5. The van der Waals surface area contributed by atoms with E-state index >= 15 is 0 Å². The fraction of sp³-hybridized carbons (Fsp3) is 0.455. The van der Waals surface area contributed by atoms with Gasteiger partial charge in [-0.1, -0.05) is 30.3 Å². The lowest BCUT2D eigenvalue weighted by atomic mass is 10.0. The topological polar surface area (TPSA) is 71.4 Å². The van der Waals surface area contributed by atoms with Crippen LogP contribution in [0, 0.1) is 0 Å². The largest absolute Gasteiger partial charge is 0.497 e. The highest BCUT2D eigenvalue weighted by atomic mass is 16.5. The highest BCUT2D eigenvalue weighted by Gasteiger charge is 2.54. The van der Waals surface area contributed by atoms with Crippen molar-refractivity contribution in [3.8, 4) is 11.5 Å². The summed E-state index contributed by atoms with van der Waals surface area (Å²) in [6.45, 7) is 1.52. The number of hydrogen-bond acceptors (Lipinski definition) is 6. The van der Waals surface area contributed by atoms with Gasteiger partial charge in [0.1, 0.15) is 24.2 Å². The summed E-state index contributed by atoms with van der Waals surface area (Å²) >= 11 is 0. The Hall–Kier alpha value is -2.12. The van der Waals surface area contributed by atoms with E-state index < -0.39 is 18.3 Å². The summed E-state index contributed by atoms with van der Waals surface area (Å²) in [7, 11) is 1.63. The molecule has 28 heavy (non-hydrogen) atoms. The molecule has 2 heterocycles. The molecule has 2 N–H and O–H groups in total. The third-order valence-corrected chi connectivity index (χ3v) is 5.72. The van der Waals surface area contributed by atoms with E-state index in [1.54, 1.807) is 7.11 Å². The SMILES string of the molecule is COc1ccc(OC[C@@H]2[C@H](OCc3ccccc3)[C@@H](O)[C@@H]3[C@@H](O)CCN32)cc1. The number of nitrogens with zero attached hydrogens (tertiary/aromatic N) is 1. The van der Waals surface area contributed by atoms with Gasteiger partial charge < -0.3 is 24.4 Å². The number of methoxy groups -OCH3 is 1. The van der Waals surface area contributed by atoms with E-state index in [-0.39, 0.29) is 12.1 Å². The molecule has 0 spiro atoms. The van der Waals surface area contributed by atoms with Gasteiger partial charge in [0.25, 0.3) is 0 Å². The number of aliphatic hydroxyl groups is 2. The van der Waals surface area contributed by atoms with Gasteiger partial charge in [-0.25, -0.2) is 0 Å². The summed E-state index contributed by atoms with van der Waals surface area (Å²) in [5.41, 5.74) is 1.05. The fourth-order valence-electron chi connectivity index (χ4n) is 4.26. The number of rotatable bonds is 7. The molecule has 2 fully saturated rings. The average molecular weight is 385 g/mol. The van der Waals surface area contributed by atoms with Crippen molar-refractivity contribution in [1.82, 2.24) is 4.90 Å². The quantitative estimate of drug-likeness (QED) is 0.758. The summed E-state index contributed by atoms with van der Waals surface area (Å²) in [6.07, 6.45) is -1.04. The zero-order chi connectivity index (χ0) is 19.5. The number of hydrogen-bond donors (Lipinski definition) is 2. The number of aliphatic hydroxyl groups excluding tert-OH is 2. The van der Waals surface area contributed by atoms with Crippen molar-refractivity contribution in [2.24, 2.45) is 0 Å². The Labute approximate surface area is 165 Å². The fourth-order valence-corrected chi connectivity index (χ4v) is 4.26. The molecule has 0 radical (unpaired) electrons. The molecule has 150 valence electrons. The van der Waals surface area contributed by atoms with Crippen molar-refractivity contribution in [1.29, 1.82) is 0 Å². The van der Waals surface area contributed by atoms with Crippen LogP contribution in [-0.2, 0) is 11.3 Å². The second-order valence-electron chi connectivity index (χ2n) is 7.39. The normalized spacial score (nSPS) is 29.6. The number of fused-ring (bicyclic) bond motifs is 1. The summed E-state index contributed by atoms with van der Waals surface area (Å²) in [5, 5.41) is 21.2. The van der Waals surface area contributed by atoms with Gasteiger partial charge in [0.2, 0.25) is 0 Å². The predicted molar refractivity (Wildman–Crippen MR) is 104 cm³/mol. The Bertz CT molecular complexity index is 753. The average Bonchev–Trinajstić information content (AvgIpc) is 3.24. The molecule has 2 aliphatic heterocycles. The van der Waals surface area contributed by atoms with Gasteiger partial charge in [0.15, 0.2) is 0 Å². The van der Waals surface area contributed by atoms with Crippen LogP contribution in [0.2, 0.25) is 0 Å². The second kappa shape index (κ2) is 8.49. The van der Waals surface area contributed by atoms with E-state index in [1.807, 2.05) is 54.6 Å². The van der Waals surface area contributed by atoms with Crippen molar-refractivity contribution in [3.63, 3.8) is 0 Å². The predicted octanol–water partition coefficient (Wildman–Crippen LogP) is 1.84. The molecule has 0 aliphatic carbocycles. The molecule has 0 aromatic heterocycles. The summed E-state index contributed by atoms with van der Waals surface area (Å²) in [6, 6.07) is 16.9. The van der Waals surface area contributed by atoms with Crippen molar-refractivity contribution < 1.29 is 24.4 Å². The Balaban J connectivity index is 1.45. The van der Waals surface area contributed by atoms with Crippen LogP contribution in [0.3, 0.4) is 0 Å². The van der Waals surface area contributed by atoms with Crippen LogP contribution in [-0.4, -0.2) is 65.8 Å². The molecule has 0 unspecified atom stereocenters. The molecule has 0 amide bonds. The molecule has 0 saturated carbocycles. The molecule has 2 saturated heterocycles.